The molecule has 0 saturated heterocycles. The number of nitrogens with zero attached hydrogens (tertiary/aromatic N) is 1. The summed E-state index contributed by atoms with van der Waals surface area (Å²) < 4.78 is 1.99. The lowest BCUT2D eigenvalue weighted by atomic mass is 10.2. The predicted molar refractivity (Wildman–Crippen MR) is 69.8 cm³/mol. The normalized spacial score (nSPS) is 12.4. The maximum absolute atomic E-state index is 11.7. The molecule has 1 atom stereocenters. The largest absolute Gasteiger partial charge is 0.355 e. The molecule has 1 heterocycles. The molecule has 1 aromatic rings. The molecule has 17 heavy (non-hydrogen) atoms. The topological polar surface area (TPSA) is 46.1 Å². The first-order valence-corrected chi connectivity index (χ1v) is 6.28. The lowest BCUT2D eigenvalue weighted by Gasteiger charge is -2.14. The molecule has 1 unspecified atom stereocenters. The molecule has 0 fully saturated rings. The Hall–Kier alpha value is -1.29. The van der Waals surface area contributed by atoms with Gasteiger partial charge in [0.1, 0.15) is 6.54 Å². The second kappa shape index (κ2) is 7.12. The molecule has 0 bridgehead atoms. The van der Waals surface area contributed by atoms with E-state index in [2.05, 4.69) is 24.5 Å². The molecule has 0 aliphatic heterocycles. The maximum Gasteiger partial charge on any atom is 0.239 e. The highest BCUT2D eigenvalue weighted by Crippen LogP contribution is 2.12. The highest BCUT2D eigenvalue weighted by molar-refractivity contribution is 5.75. The van der Waals surface area contributed by atoms with Gasteiger partial charge in [-0.05, 0) is 32.5 Å². The van der Waals surface area contributed by atoms with Crippen molar-refractivity contribution in [3.05, 3.63) is 24.0 Å². The van der Waals surface area contributed by atoms with Crippen LogP contribution in [-0.2, 0) is 11.3 Å². The van der Waals surface area contributed by atoms with Crippen LogP contribution in [0.15, 0.2) is 18.3 Å². The van der Waals surface area contributed by atoms with Crippen molar-refractivity contribution in [2.45, 2.75) is 39.3 Å². The minimum Gasteiger partial charge on any atom is -0.355 e. The van der Waals surface area contributed by atoms with Crippen molar-refractivity contribution >= 4 is 5.91 Å². The van der Waals surface area contributed by atoms with E-state index in [9.17, 15) is 4.79 Å². The van der Waals surface area contributed by atoms with E-state index in [4.69, 9.17) is 0 Å². The summed E-state index contributed by atoms with van der Waals surface area (Å²) in [6.45, 7) is 5.37. The van der Waals surface area contributed by atoms with Crippen molar-refractivity contribution in [3.63, 3.8) is 0 Å². The van der Waals surface area contributed by atoms with Crippen LogP contribution < -0.4 is 10.6 Å². The minimum absolute atomic E-state index is 0.0826. The van der Waals surface area contributed by atoms with Crippen LogP contribution in [0.25, 0.3) is 0 Å². The van der Waals surface area contributed by atoms with E-state index in [-0.39, 0.29) is 11.9 Å². The maximum atomic E-state index is 11.7. The van der Waals surface area contributed by atoms with Gasteiger partial charge in [0, 0.05) is 24.5 Å². The summed E-state index contributed by atoms with van der Waals surface area (Å²) in [6, 6.07) is 4.27. The van der Waals surface area contributed by atoms with Gasteiger partial charge >= 0.3 is 0 Å². The van der Waals surface area contributed by atoms with Gasteiger partial charge in [-0.25, -0.2) is 0 Å². The van der Waals surface area contributed by atoms with Crippen LogP contribution in [0.2, 0.25) is 0 Å². The quantitative estimate of drug-likeness (QED) is 0.709. The van der Waals surface area contributed by atoms with Crippen LogP contribution in [-0.4, -0.2) is 24.1 Å². The molecule has 96 valence electrons. The number of carbonyl (C=O) groups excluding carboxylic acids is 1. The van der Waals surface area contributed by atoms with Crippen molar-refractivity contribution in [3.8, 4) is 0 Å². The average Bonchev–Trinajstić information content (AvgIpc) is 2.76. The van der Waals surface area contributed by atoms with Crippen LogP contribution in [0.4, 0.5) is 0 Å². The Labute approximate surface area is 103 Å². The molecule has 0 aliphatic carbocycles. The fourth-order valence-electron chi connectivity index (χ4n) is 1.73. The van der Waals surface area contributed by atoms with E-state index in [1.54, 1.807) is 0 Å². The average molecular weight is 237 g/mol. The molecule has 0 aliphatic rings. The fraction of sp³-hybridized carbons (Fsp3) is 0.615. The third kappa shape index (κ3) is 4.23. The summed E-state index contributed by atoms with van der Waals surface area (Å²) >= 11 is 0. The first-order chi connectivity index (χ1) is 8.19. The molecule has 1 aromatic heterocycles. The molecule has 0 aromatic carbocycles. The lowest BCUT2D eigenvalue weighted by molar-refractivity contribution is -0.121. The van der Waals surface area contributed by atoms with Gasteiger partial charge in [-0.1, -0.05) is 13.3 Å². The van der Waals surface area contributed by atoms with Crippen LogP contribution in [0.5, 0.6) is 0 Å². The molecule has 1 amide bonds. The van der Waals surface area contributed by atoms with E-state index >= 15 is 0 Å². The molecule has 2 N–H and O–H groups in total. The Morgan fingerprint density at radius 3 is 2.94 bits per heavy atom. The van der Waals surface area contributed by atoms with E-state index in [1.807, 2.05) is 29.9 Å². The standard InChI is InChI=1S/C13H23N3O/c1-4-5-8-15-13(17)10-16-9-6-7-12(16)11(2)14-3/h6-7,9,11,14H,4-5,8,10H2,1-3H3,(H,15,17). The third-order valence-corrected chi connectivity index (χ3v) is 2.91. The summed E-state index contributed by atoms with van der Waals surface area (Å²) in [6.07, 6.45) is 4.09. The van der Waals surface area contributed by atoms with Crippen LogP contribution >= 0.6 is 0 Å². The van der Waals surface area contributed by atoms with Crippen LogP contribution in [0.3, 0.4) is 0 Å². The van der Waals surface area contributed by atoms with Crippen molar-refractivity contribution in [1.82, 2.24) is 15.2 Å². The molecule has 1 rings (SSSR count). The van der Waals surface area contributed by atoms with Crippen molar-refractivity contribution in [2.75, 3.05) is 13.6 Å². The molecule has 0 saturated carbocycles. The second-order valence-electron chi connectivity index (χ2n) is 4.27. The monoisotopic (exact) mass is 237 g/mol. The molecular formula is C13H23N3O. The number of nitrogens with one attached hydrogen (secondary N) is 2. The number of unbranched alkanes of at least 4 members (excludes halogenated alkanes) is 1. The first-order valence-electron chi connectivity index (χ1n) is 6.28. The number of rotatable bonds is 7. The Balaban J connectivity index is 2.50. The Morgan fingerprint density at radius 1 is 1.53 bits per heavy atom. The zero-order valence-electron chi connectivity index (χ0n) is 11.0. The third-order valence-electron chi connectivity index (χ3n) is 2.91. The van der Waals surface area contributed by atoms with Gasteiger partial charge in [-0.3, -0.25) is 4.79 Å². The molecule has 4 nitrogen and oxygen atoms in total. The number of hydrogen-bond acceptors (Lipinski definition) is 2. The smallest absolute Gasteiger partial charge is 0.239 e. The van der Waals surface area contributed by atoms with E-state index in [1.165, 1.54) is 0 Å². The number of amides is 1. The number of hydrogen-bond donors (Lipinski definition) is 2. The van der Waals surface area contributed by atoms with Gasteiger partial charge in [0.25, 0.3) is 0 Å². The van der Waals surface area contributed by atoms with Crippen molar-refractivity contribution < 1.29 is 4.79 Å². The SMILES string of the molecule is CCCCNC(=O)Cn1cccc1C(C)NC. The van der Waals surface area contributed by atoms with Gasteiger partial charge in [0.2, 0.25) is 5.91 Å². The fourth-order valence-corrected chi connectivity index (χ4v) is 1.73. The Kier molecular flexibility index (Phi) is 5.77. The van der Waals surface area contributed by atoms with Gasteiger partial charge in [0.15, 0.2) is 0 Å². The van der Waals surface area contributed by atoms with Crippen LogP contribution in [0.1, 0.15) is 38.4 Å². The summed E-state index contributed by atoms with van der Waals surface area (Å²) in [5.74, 6) is 0.0826. The molecule has 0 radical (unpaired) electrons. The zero-order valence-corrected chi connectivity index (χ0v) is 11.0. The Bertz CT molecular complexity index is 346. The number of carbonyl (C=O) groups is 1. The van der Waals surface area contributed by atoms with Crippen molar-refractivity contribution in [2.24, 2.45) is 0 Å². The zero-order chi connectivity index (χ0) is 12.7. The van der Waals surface area contributed by atoms with Gasteiger partial charge in [-0.15, -0.1) is 0 Å². The molecule has 0 spiro atoms. The van der Waals surface area contributed by atoms with E-state index < -0.39 is 0 Å². The van der Waals surface area contributed by atoms with Gasteiger partial charge in [-0.2, -0.15) is 0 Å². The minimum atomic E-state index is 0.0826. The highest BCUT2D eigenvalue weighted by Gasteiger charge is 2.10. The summed E-state index contributed by atoms with van der Waals surface area (Å²) in [5.41, 5.74) is 1.14. The summed E-state index contributed by atoms with van der Waals surface area (Å²) in [5, 5.41) is 6.11. The van der Waals surface area contributed by atoms with Gasteiger partial charge < -0.3 is 15.2 Å². The molecule has 4 heteroatoms. The second-order valence-corrected chi connectivity index (χ2v) is 4.27. The van der Waals surface area contributed by atoms with Crippen LogP contribution in [0, 0.1) is 0 Å². The van der Waals surface area contributed by atoms with Gasteiger partial charge in [0.05, 0.1) is 0 Å². The lowest BCUT2D eigenvalue weighted by Crippen LogP contribution is -2.29. The first kappa shape index (κ1) is 13.8. The highest BCUT2D eigenvalue weighted by atomic mass is 16.1. The number of aromatic nitrogens is 1. The predicted octanol–water partition coefficient (Wildman–Crippen LogP) is 1.68. The summed E-state index contributed by atoms with van der Waals surface area (Å²) in [7, 11) is 1.92. The van der Waals surface area contributed by atoms with E-state index in [0.29, 0.717) is 6.54 Å². The summed E-state index contributed by atoms with van der Waals surface area (Å²) in [4.78, 5) is 11.7. The molecular weight excluding hydrogens is 214 g/mol. The van der Waals surface area contributed by atoms with E-state index in [0.717, 1.165) is 25.1 Å². The van der Waals surface area contributed by atoms with Crippen molar-refractivity contribution in [1.29, 1.82) is 0 Å². The Morgan fingerprint density at radius 2 is 2.29 bits per heavy atom.